The molecular weight excluding hydrogens is 230 g/mol. The quantitative estimate of drug-likeness (QED) is 0.718. The van der Waals surface area contributed by atoms with E-state index in [4.69, 9.17) is 0 Å². The summed E-state index contributed by atoms with van der Waals surface area (Å²) in [5.41, 5.74) is 1.31. The van der Waals surface area contributed by atoms with Crippen LogP contribution < -0.4 is 16.0 Å². The first kappa shape index (κ1) is 12.6. The topological polar surface area (TPSA) is 70.2 Å². The zero-order chi connectivity index (χ0) is 13.0. The zero-order valence-corrected chi connectivity index (χ0v) is 10.3. The fourth-order valence-electron chi connectivity index (χ4n) is 1.57. The minimum Gasteiger partial charge on any atom is -0.349 e. The van der Waals surface area contributed by atoms with Crippen LogP contribution in [-0.4, -0.2) is 31.4 Å². The molecule has 1 aliphatic rings. The van der Waals surface area contributed by atoms with E-state index in [2.05, 4.69) is 16.0 Å². The van der Waals surface area contributed by atoms with Gasteiger partial charge in [0.1, 0.15) is 0 Å². The van der Waals surface area contributed by atoms with Gasteiger partial charge in [-0.1, -0.05) is 0 Å². The SMILES string of the molecule is CNCC(=O)Nc1ccc(C(=O)NC2CC2)cc1. The van der Waals surface area contributed by atoms with Gasteiger partial charge in [0, 0.05) is 17.3 Å². The second-order valence-corrected chi connectivity index (χ2v) is 4.40. The molecule has 5 heteroatoms. The Hall–Kier alpha value is -1.88. The van der Waals surface area contributed by atoms with Crippen LogP contribution in [0.2, 0.25) is 0 Å². The second kappa shape index (κ2) is 5.64. The molecule has 2 rings (SSSR count). The normalized spacial score (nSPS) is 14.1. The molecule has 0 radical (unpaired) electrons. The Labute approximate surface area is 106 Å². The fraction of sp³-hybridized carbons (Fsp3) is 0.385. The van der Waals surface area contributed by atoms with Crippen LogP contribution in [0.1, 0.15) is 23.2 Å². The molecule has 96 valence electrons. The van der Waals surface area contributed by atoms with Crippen molar-refractivity contribution in [2.75, 3.05) is 18.9 Å². The molecule has 1 aliphatic carbocycles. The largest absolute Gasteiger partial charge is 0.349 e. The highest BCUT2D eigenvalue weighted by atomic mass is 16.2. The monoisotopic (exact) mass is 247 g/mol. The van der Waals surface area contributed by atoms with Crippen molar-refractivity contribution < 1.29 is 9.59 Å². The van der Waals surface area contributed by atoms with E-state index in [-0.39, 0.29) is 18.4 Å². The van der Waals surface area contributed by atoms with Gasteiger partial charge in [-0.05, 0) is 44.2 Å². The van der Waals surface area contributed by atoms with Crippen LogP contribution in [0.15, 0.2) is 24.3 Å². The molecule has 5 nitrogen and oxygen atoms in total. The third kappa shape index (κ3) is 3.56. The Morgan fingerprint density at radius 3 is 2.44 bits per heavy atom. The predicted molar refractivity (Wildman–Crippen MR) is 69.5 cm³/mol. The van der Waals surface area contributed by atoms with E-state index in [1.54, 1.807) is 31.3 Å². The van der Waals surface area contributed by atoms with E-state index in [0.29, 0.717) is 17.3 Å². The summed E-state index contributed by atoms with van der Waals surface area (Å²) in [6, 6.07) is 7.25. The van der Waals surface area contributed by atoms with Gasteiger partial charge in [0.25, 0.3) is 5.91 Å². The summed E-state index contributed by atoms with van der Waals surface area (Å²) in [7, 11) is 1.71. The molecule has 2 amide bonds. The van der Waals surface area contributed by atoms with Crippen LogP contribution >= 0.6 is 0 Å². The summed E-state index contributed by atoms with van der Waals surface area (Å²) in [4.78, 5) is 23.1. The third-order valence-electron chi connectivity index (χ3n) is 2.68. The molecular formula is C13H17N3O2. The lowest BCUT2D eigenvalue weighted by molar-refractivity contribution is -0.115. The molecule has 1 fully saturated rings. The van der Waals surface area contributed by atoms with Gasteiger partial charge >= 0.3 is 0 Å². The van der Waals surface area contributed by atoms with Gasteiger partial charge in [-0.2, -0.15) is 0 Å². The van der Waals surface area contributed by atoms with Crippen LogP contribution in [0.25, 0.3) is 0 Å². The summed E-state index contributed by atoms with van der Waals surface area (Å²) in [5, 5.41) is 8.41. The van der Waals surface area contributed by atoms with Gasteiger partial charge in [-0.15, -0.1) is 0 Å². The second-order valence-electron chi connectivity index (χ2n) is 4.40. The lowest BCUT2D eigenvalue weighted by atomic mass is 10.2. The van der Waals surface area contributed by atoms with E-state index in [0.717, 1.165) is 12.8 Å². The average Bonchev–Trinajstić information content (AvgIpc) is 3.14. The molecule has 1 aromatic carbocycles. The van der Waals surface area contributed by atoms with Crippen molar-refractivity contribution >= 4 is 17.5 Å². The molecule has 0 spiro atoms. The van der Waals surface area contributed by atoms with E-state index >= 15 is 0 Å². The molecule has 0 aliphatic heterocycles. The summed E-state index contributed by atoms with van der Waals surface area (Å²) in [5.74, 6) is -0.154. The molecule has 1 aromatic rings. The Bertz CT molecular complexity index is 438. The first-order valence-corrected chi connectivity index (χ1v) is 6.04. The van der Waals surface area contributed by atoms with Crippen LogP contribution in [-0.2, 0) is 4.79 Å². The van der Waals surface area contributed by atoms with Crippen molar-refractivity contribution in [3.05, 3.63) is 29.8 Å². The van der Waals surface area contributed by atoms with Crippen molar-refractivity contribution in [2.45, 2.75) is 18.9 Å². The molecule has 0 atom stereocenters. The summed E-state index contributed by atoms with van der Waals surface area (Å²) in [6.45, 7) is 0.268. The average molecular weight is 247 g/mol. The van der Waals surface area contributed by atoms with Crippen molar-refractivity contribution in [3.63, 3.8) is 0 Å². The zero-order valence-electron chi connectivity index (χ0n) is 10.3. The van der Waals surface area contributed by atoms with E-state index in [9.17, 15) is 9.59 Å². The number of carbonyl (C=O) groups is 2. The number of benzene rings is 1. The molecule has 0 bridgehead atoms. The van der Waals surface area contributed by atoms with Gasteiger partial charge < -0.3 is 16.0 Å². The Morgan fingerprint density at radius 2 is 1.89 bits per heavy atom. The number of carbonyl (C=O) groups excluding carboxylic acids is 2. The van der Waals surface area contributed by atoms with E-state index in [1.165, 1.54) is 0 Å². The summed E-state index contributed by atoms with van der Waals surface area (Å²) in [6.07, 6.45) is 2.15. The number of nitrogens with one attached hydrogen (secondary N) is 3. The van der Waals surface area contributed by atoms with E-state index in [1.807, 2.05) is 0 Å². The Kier molecular flexibility index (Phi) is 3.94. The minimum atomic E-state index is -0.104. The van der Waals surface area contributed by atoms with Crippen molar-refractivity contribution in [1.29, 1.82) is 0 Å². The first-order valence-electron chi connectivity index (χ1n) is 6.04. The summed E-state index contributed by atoms with van der Waals surface area (Å²) >= 11 is 0. The van der Waals surface area contributed by atoms with Gasteiger partial charge in [0.15, 0.2) is 0 Å². The molecule has 1 saturated carbocycles. The minimum absolute atomic E-state index is 0.0504. The standard InChI is InChI=1S/C13H17N3O2/c1-14-8-12(17)15-10-4-2-9(3-5-10)13(18)16-11-6-7-11/h2-5,11,14H,6-8H2,1H3,(H,15,17)(H,16,18). The number of hydrogen-bond acceptors (Lipinski definition) is 3. The van der Waals surface area contributed by atoms with Gasteiger partial charge in [0.2, 0.25) is 5.91 Å². The number of amides is 2. The predicted octanol–water partition coefficient (Wildman–Crippen LogP) is 0.737. The van der Waals surface area contributed by atoms with Crippen LogP contribution in [0.5, 0.6) is 0 Å². The highest BCUT2D eigenvalue weighted by molar-refractivity contribution is 5.96. The van der Waals surface area contributed by atoms with Crippen molar-refractivity contribution in [1.82, 2.24) is 10.6 Å². The number of rotatable bonds is 5. The van der Waals surface area contributed by atoms with Gasteiger partial charge in [-0.3, -0.25) is 9.59 Å². The van der Waals surface area contributed by atoms with Gasteiger partial charge in [0.05, 0.1) is 6.54 Å². The molecule has 18 heavy (non-hydrogen) atoms. The van der Waals surface area contributed by atoms with Gasteiger partial charge in [-0.25, -0.2) is 0 Å². The smallest absolute Gasteiger partial charge is 0.251 e. The molecule has 0 aromatic heterocycles. The van der Waals surface area contributed by atoms with Crippen LogP contribution in [0.4, 0.5) is 5.69 Å². The summed E-state index contributed by atoms with van der Waals surface area (Å²) < 4.78 is 0. The number of hydrogen-bond donors (Lipinski definition) is 3. The Balaban J connectivity index is 1.91. The Morgan fingerprint density at radius 1 is 1.22 bits per heavy atom. The first-order chi connectivity index (χ1) is 8.69. The molecule has 3 N–H and O–H groups in total. The van der Waals surface area contributed by atoms with Crippen molar-refractivity contribution in [2.24, 2.45) is 0 Å². The highest BCUT2D eigenvalue weighted by Gasteiger charge is 2.23. The van der Waals surface area contributed by atoms with Crippen LogP contribution in [0, 0.1) is 0 Å². The highest BCUT2D eigenvalue weighted by Crippen LogP contribution is 2.19. The van der Waals surface area contributed by atoms with Crippen molar-refractivity contribution in [3.8, 4) is 0 Å². The fourth-order valence-corrected chi connectivity index (χ4v) is 1.57. The lowest BCUT2D eigenvalue weighted by Gasteiger charge is -2.06. The molecule has 0 heterocycles. The maximum atomic E-state index is 11.7. The number of likely N-dealkylation sites (N-methyl/N-ethyl adjacent to an activating group) is 1. The van der Waals surface area contributed by atoms with Crippen LogP contribution in [0.3, 0.4) is 0 Å². The third-order valence-corrected chi connectivity index (χ3v) is 2.68. The lowest BCUT2D eigenvalue weighted by Crippen LogP contribution is -2.26. The molecule has 0 unspecified atom stereocenters. The molecule has 0 saturated heterocycles. The maximum Gasteiger partial charge on any atom is 0.251 e. The maximum absolute atomic E-state index is 11.7. The van der Waals surface area contributed by atoms with E-state index < -0.39 is 0 Å². The number of anilines is 1.